The summed E-state index contributed by atoms with van der Waals surface area (Å²) in [5.74, 6) is 0. The molecule has 8 heteroatoms. The first-order chi connectivity index (χ1) is 8.32. The van der Waals surface area contributed by atoms with Crippen molar-refractivity contribution in [1.82, 2.24) is 10.2 Å². The third-order valence-corrected chi connectivity index (χ3v) is 3.78. The SMILES string of the molecule is O=S(=O)(c1ccc(-c2ccn[nH]2)cc1)C(F)(F)F. The van der Waals surface area contributed by atoms with Gasteiger partial charge in [-0.1, -0.05) is 12.1 Å². The average Bonchev–Trinajstić information content (AvgIpc) is 2.81. The van der Waals surface area contributed by atoms with E-state index < -0.39 is 20.2 Å². The van der Waals surface area contributed by atoms with E-state index in [2.05, 4.69) is 10.2 Å². The Bertz CT molecular complexity index is 631. The van der Waals surface area contributed by atoms with Crippen molar-refractivity contribution in [3.63, 3.8) is 0 Å². The molecule has 1 aromatic carbocycles. The fourth-order valence-electron chi connectivity index (χ4n) is 1.36. The Morgan fingerprint density at radius 2 is 1.67 bits per heavy atom. The summed E-state index contributed by atoms with van der Waals surface area (Å²) in [5, 5.41) is 6.31. The third kappa shape index (κ3) is 2.10. The maximum Gasteiger partial charge on any atom is 0.501 e. The standard InChI is InChI=1S/C10H7F3N2O2S/c11-10(12,13)18(16,17)8-3-1-7(2-4-8)9-5-6-14-15-9/h1-6H,(H,14,15). The number of nitrogens with one attached hydrogen (secondary N) is 1. The second kappa shape index (κ2) is 4.13. The molecule has 1 aromatic heterocycles. The molecule has 0 aliphatic carbocycles. The zero-order chi connectivity index (χ0) is 13.4. The molecular formula is C10H7F3N2O2S. The van der Waals surface area contributed by atoms with E-state index >= 15 is 0 Å². The summed E-state index contributed by atoms with van der Waals surface area (Å²) in [6.45, 7) is 0. The smallest absolute Gasteiger partial charge is 0.278 e. The minimum atomic E-state index is -5.29. The summed E-state index contributed by atoms with van der Waals surface area (Å²) < 4.78 is 59.1. The van der Waals surface area contributed by atoms with Crippen molar-refractivity contribution in [1.29, 1.82) is 0 Å². The lowest BCUT2D eigenvalue weighted by Gasteiger charge is -2.08. The molecule has 0 saturated heterocycles. The molecule has 0 aliphatic rings. The molecule has 0 spiro atoms. The predicted molar refractivity (Wildman–Crippen MR) is 57.3 cm³/mol. The van der Waals surface area contributed by atoms with Crippen molar-refractivity contribution in [3.05, 3.63) is 36.5 Å². The van der Waals surface area contributed by atoms with Gasteiger partial charge in [-0.25, -0.2) is 8.42 Å². The third-order valence-electron chi connectivity index (χ3n) is 2.28. The van der Waals surface area contributed by atoms with E-state index in [-0.39, 0.29) is 0 Å². The zero-order valence-corrected chi connectivity index (χ0v) is 9.59. The molecule has 0 saturated carbocycles. The highest BCUT2D eigenvalue weighted by Gasteiger charge is 2.46. The van der Waals surface area contributed by atoms with Gasteiger partial charge in [0, 0.05) is 6.20 Å². The number of aromatic amines is 1. The lowest BCUT2D eigenvalue weighted by molar-refractivity contribution is -0.0436. The molecule has 0 aliphatic heterocycles. The Morgan fingerprint density at radius 1 is 1.06 bits per heavy atom. The summed E-state index contributed by atoms with van der Waals surface area (Å²) in [6.07, 6.45) is 1.48. The van der Waals surface area contributed by atoms with Crippen molar-refractivity contribution in [2.45, 2.75) is 10.4 Å². The zero-order valence-electron chi connectivity index (χ0n) is 8.77. The van der Waals surface area contributed by atoms with Crippen LogP contribution in [0.2, 0.25) is 0 Å². The van der Waals surface area contributed by atoms with Crippen LogP contribution in [0.15, 0.2) is 41.4 Å². The van der Waals surface area contributed by atoms with Gasteiger partial charge in [-0.3, -0.25) is 5.10 Å². The molecule has 2 aromatic rings. The fourth-order valence-corrected chi connectivity index (χ4v) is 2.13. The molecule has 0 bridgehead atoms. The van der Waals surface area contributed by atoms with Crippen molar-refractivity contribution < 1.29 is 21.6 Å². The van der Waals surface area contributed by atoms with Crippen LogP contribution in [-0.2, 0) is 9.84 Å². The van der Waals surface area contributed by atoms with Crippen molar-refractivity contribution in [2.24, 2.45) is 0 Å². The van der Waals surface area contributed by atoms with Gasteiger partial charge in [-0.05, 0) is 23.8 Å². The van der Waals surface area contributed by atoms with Gasteiger partial charge < -0.3 is 0 Å². The second-order valence-electron chi connectivity index (χ2n) is 3.44. The largest absolute Gasteiger partial charge is 0.501 e. The monoisotopic (exact) mass is 276 g/mol. The van der Waals surface area contributed by atoms with Gasteiger partial charge in [0.2, 0.25) is 0 Å². The number of benzene rings is 1. The highest BCUT2D eigenvalue weighted by molar-refractivity contribution is 7.92. The summed E-state index contributed by atoms with van der Waals surface area (Å²) in [7, 11) is -5.29. The maximum atomic E-state index is 12.3. The van der Waals surface area contributed by atoms with Crippen LogP contribution in [-0.4, -0.2) is 24.1 Å². The van der Waals surface area contributed by atoms with Gasteiger partial charge in [0.25, 0.3) is 9.84 Å². The molecule has 2 rings (SSSR count). The summed E-state index contributed by atoms with van der Waals surface area (Å²) >= 11 is 0. The van der Waals surface area contributed by atoms with Crippen LogP contribution < -0.4 is 0 Å². The number of alkyl halides is 3. The maximum absolute atomic E-state index is 12.3. The fraction of sp³-hybridized carbons (Fsp3) is 0.100. The van der Waals surface area contributed by atoms with Crippen molar-refractivity contribution >= 4 is 9.84 Å². The molecule has 96 valence electrons. The van der Waals surface area contributed by atoms with E-state index in [0.717, 1.165) is 12.1 Å². The number of nitrogens with zero attached hydrogens (tertiary/aromatic N) is 1. The Labute approximate surface area is 100 Å². The van der Waals surface area contributed by atoms with Gasteiger partial charge in [0.15, 0.2) is 0 Å². The molecule has 1 heterocycles. The average molecular weight is 276 g/mol. The first kappa shape index (κ1) is 12.6. The highest BCUT2D eigenvalue weighted by Crippen LogP contribution is 2.31. The summed E-state index contributed by atoms with van der Waals surface area (Å²) in [5.41, 5.74) is -4.15. The first-order valence-electron chi connectivity index (χ1n) is 4.73. The molecule has 0 amide bonds. The van der Waals surface area contributed by atoms with Crippen LogP contribution in [0.3, 0.4) is 0 Å². The molecule has 0 radical (unpaired) electrons. The molecule has 0 unspecified atom stereocenters. The van der Waals surface area contributed by atoms with Crippen LogP contribution >= 0.6 is 0 Å². The van der Waals surface area contributed by atoms with E-state index in [1.54, 1.807) is 6.07 Å². The van der Waals surface area contributed by atoms with Crippen LogP contribution in [0, 0.1) is 0 Å². The number of halogens is 3. The number of sulfone groups is 1. The van der Waals surface area contributed by atoms with Crippen molar-refractivity contribution in [3.8, 4) is 11.3 Å². The van der Waals surface area contributed by atoms with Gasteiger partial charge in [-0.2, -0.15) is 18.3 Å². The van der Waals surface area contributed by atoms with Gasteiger partial charge in [-0.15, -0.1) is 0 Å². The highest BCUT2D eigenvalue weighted by atomic mass is 32.2. The lowest BCUT2D eigenvalue weighted by atomic mass is 10.2. The Morgan fingerprint density at radius 3 is 2.11 bits per heavy atom. The lowest BCUT2D eigenvalue weighted by Crippen LogP contribution is -2.23. The van der Waals surface area contributed by atoms with Crippen LogP contribution in [0.5, 0.6) is 0 Å². The van der Waals surface area contributed by atoms with Crippen LogP contribution in [0.25, 0.3) is 11.3 Å². The van der Waals surface area contributed by atoms with Gasteiger partial charge in [0.1, 0.15) is 0 Å². The minimum Gasteiger partial charge on any atom is -0.278 e. The second-order valence-corrected chi connectivity index (χ2v) is 5.39. The molecule has 0 fully saturated rings. The summed E-state index contributed by atoms with van der Waals surface area (Å²) in [6, 6.07) is 6.02. The van der Waals surface area contributed by atoms with E-state index in [9.17, 15) is 21.6 Å². The molecule has 0 atom stereocenters. The van der Waals surface area contributed by atoms with Crippen LogP contribution in [0.4, 0.5) is 13.2 Å². The minimum absolute atomic E-state index is 0.550. The van der Waals surface area contributed by atoms with Crippen LogP contribution in [0.1, 0.15) is 0 Å². The topological polar surface area (TPSA) is 62.8 Å². The van der Waals surface area contributed by atoms with E-state index in [0.29, 0.717) is 11.3 Å². The normalized spacial score (nSPS) is 12.6. The van der Waals surface area contributed by atoms with Gasteiger partial charge in [0.05, 0.1) is 10.6 Å². The quantitative estimate of drug-likeness (QED) is 0.916. The van der Waals surface area contributed by atoms with E-state index in [1.807, 2.05) is 0 Å². The molecule has 4 nitrogen and oxygen atoms in total. The molecule has 1 N–H and O–H groups in total. The van der Waals surface area contributed by atoms with Crippen molar-refractivity contribution in [2.75, 3.05) is 0 Å². The number of H-pyrrole nitrogens is 1. The van der Waals surface area contributed by atoms with Gasteiger partial charge >= 0.3 is 5.51 Å². The summed E-state index contributed by atoms with van der Waals surface area (Å²) in [4.78, 5) is -0.779. The Kier molecular flexibility index (Phi) is 2.89. The van der Waals surface area contributed by atoms with E-state index in [4.69, 9.17) is 0 Å². The first-order valence-corrected chi connectivity index (χ1v) is 6.22. The predicted octanol–water partition coefficient (Wildman–Crippen LogP) is 2.37. The van der Waals surface area contributed by atoms with E-state index in [1.165, 1.54) is 18.3 Å². The number of aromatic nitrogens is 2. The Balaban J connectivity index is 2.40. The number of rotatable bonds is 2. The number of hydrogen-bond donors (Lipinski definition) is 1. The Hall–Kier alpha value is -1.83. The number of hydrogen-bond acceptors (Lipinski definition) is 3. The molecule has 18 heavy (non-hydrogen) atoms. The molecular weight excluding hydrogens is 269 g/mol.